The van der Waals surface area contributed by atoms with E-state index in [1.54, 1.807) is 6.07 Å². The molecule has 1 aromatic rings. The third-order valence-electron chi connectivity index (χ3n) is 5.09. The van der Waals surface area contributed by atoms with E-state index in [-0.39, 0.29) is 18.1 Å². The summed E-state index contributed by atoms with van der Waals surface area (Å²) in [4.78, 5) is 16.8. The van der Waals surface area contributed by atoms with Crippen molar-refractivity contribution in [3.05, 3.63) is 11.8 Å². The molecule has 0 unspecified atom stereocenters. The van der Waals surface area contributed by atoms with E-state index in [0.29, 0.717) is 50.1 Å². The van der Waals surface area contributed by atoms with Crippen LogP contribution in [0.1, 0.15) is 36.2 Å². The van der Waals surface area contributed by atoms with Gasteiger partial charge in [-0.1, -0.05) is 5.16 Å². The molecule has 0 bridgehead atoms. The van der Waals surface area contributed by atoms with Gasteiger partial charge in [0, 0.05) is 31.7 Å². The average Bonchev–Trinajstić information content (AvgIpc) is 3.31. The lowest BCUT2D eigenvalue weighted by Gasteiger charge is -2.37. The molecular weight excluding hydrogens is 298 g/mol. The van der Waals surface area contributed by atoms with E-state index in [9.17, 15) is 9.90 Å². The Kier molecular flexibility index (Phi) is 3.98. The molecule has 126 valence electrons. The number of nitrogens with zero attached hydrogens (tertiary/aromatic N) is 3. The predicted octanol–water partition coefficient (Wildman–Crippen LogP) is 0.887. The highest BCUT2D eigenvalue weighted by molar-refractivity contribution is 5.92. The number of aromatic nitrogens is 1. The van der Waals surface area contributed by atoms with Crippen LogP contribution in [0.25, 0.3) is 0 Å². The van der Waals surface area contributed by atoms with Crippen LogP contribution in [0.5, 0.6) is 0 Å². The minimum Gasteiger partial charge on any atom is -0.393 e. The van der Waals surface area contributed by atoms with Crippen LogP contribution in [0.4, 0.5) is 5.82 Å². The third-order valence-corrected chi connectivity index (χ3v) is 5.09. The summed E-state index contributed by atoms with van der Waals surface area (Å²) in [5.74, 6) is 1.45. The van der Waals surface area contributed by atoms with Gasteiger partial charge >= 0.3 is 0 Å². The summed E-state index contributed by atoms with van der Waals surface area (Å²) in [6.45, 7) is 3.46. The molecule has 7 heteroatoms. The molecule has 0 radical (unpaired) electrons. The summed E-state index contributed by atoms with van der Waals surface area (Å²) in [5.41, 5.74) is 0. The number of carbonyl (C=O) groups excluding carboxylic acids is 1. The first-order valence-electron chi connectivity index (χ1n) is 8.51. The highest BCUT2D eigenvalue weighted by atomic mass is 16.5. The van der Waals surface area contributed by atoms with E-state index in [4.69, 9.17) is 9.26 Å². The van der Waals surface area contributed by atoms with Crippen molar-refractivity contribution in [1.29, 1.82) is 0 Å². The Morgan fingerprint density at radius 1 is 1.22 bits per heavy atom. The van der Waals surface area contributed by atoms with Crippen LogP contribution in [0.15, 0.2) is 10.6 Å². The van der Waals surface area contributed by atoms with Crippen molar-refractivity contribution in [3.63, 3.8) is 0 Å². The average molecular weight is 321 g/mol. The van der Waals surface area contributed by atoms with E-state index in [0.717, 1.165) is 25.9 Å². The van der Waals surface area contributed by atoms with Crippen LogP contribution in [0, 0.1) is 5.92 Å². The minimum absolute atomic E-state index is 0.0965. The van der Waals surface area contributed by atoms with Gasteiger partial charge in [-0.05, 0) is 31.6 Å². The van der Waals surface area contributed by atoms with Crippen LogP contribution in [0.2, 0.25) is 0 Å². The van der Waals surface area contributed by atoms with E-state index in [1.165, 1.54) is 0 Å². The first-order valence-corrected chi connectivity index (χ1v) is 8.51. The van der Waals surface area contributed by atoms with Gasteiger partial charge < -0.3 is 24.2 Å². The van der Waals surface area contributed by atoms with Crippen molar-refractivity contribution in [2.75, 3.05) is 37.7 Å². The number of likely N-dealkylation sites (tertiary alicyclic amines) is 1. The number of hydrogen-bond acceptors (Lipinski definition) is 6. The molecule has 3 aliphatic rings. The smallest absolute Gasteiger partial charge is 0.292 e. The molecule has 1 aliphatic carbocycles. The Balaban J connectivity index is 1.48. The fraction of sp³-hybridized carbons (Fsp3) is 0.750. The zero-order valence-electron chi connectivity index (χ0n) is 13.2. The van der Waals surface area contributed by atoms with E-state index in [1.807, 2.05) is 4.90 Å². The van der Waals surface area contributed by atoms with Crippen molar-refractivity contribution < 1.29 is 19.2 Å². The number of hydrogen-bond donors (Lipinski definition) is 1. The lowest BCUT2D eigenvalue weighted by molar-refractivity contribution is 0.0242. The summed E-state index contributed by atoms with van der Waals surface area (Å²) >= 11 is 0. The van der Waals surface area contributed by atoms with Gasteiger partial charge in [-0.25, -0.2) is 0 Å². The second kappa shape index (κ2) is 6.13. The molecule has 1 aromatic heterocycles. The molecular formula is C16H23N3O4. The lowest BCUT2D eigenvalue weighted by atomic mass is 9.95. The molecule has 4 rings (SSSR count). The monoisotopic (exact) mass is 321 g/mol. The Bertz CT molecular complexity index is 565. The highest BCUT2D eigenvalue weighted by Gasteiger charge is 2.42. The van der Waals surface area contributed by atoms with Gasteiger partial charge in [0.2, 0.25) is 5.76 Å². The topological polar surface area (TPSA) is 79.0 Å². The number of carbonyl (C=O) groups is 1. The zero-order valence-corrected chi connectivity index (χ0v) is 13.2. The summed E-state index contributed by atoms with van der Waals surface area (Å²) in [7, 11) is 0. The van der Waals surface area contributed by atoms with Crippen LogP contribution in [0.3, 0.4) is 0 Å². The molecule has 3 heterocycles. The Hall–Kier alpha value is -1.60. The van der Waals surface area contributed by atoms with Crippen molar-refractivity contribution in [2.45, 2.75) is 37.8 Å². The number of anilines is 1. The van der Waals surface area contributed by atoms with Crippen molar-refractivity contribution in [1.82, 2.24) is 10.1 Å². The number of aliphatic hydroxyl groups excluding tert-OH is 1. The molecule has 2 atom stereocenters. The molecule has 0 aromatic carbocycles. The van der Waals surface area contributed by atoms with Gasteiger partial charge in [0.05, 0.1) is 19.3 Å². The van der Waals surface area contributed by atoms with Crippen LogP contribution in [-0.4, -0.2) is 66.1 Å². The largest absolute Gasteiger partial charge is 0.393 e. The summed E-state index contributed by atoms with van der Waals surface area (Å²) in [5, 5.41) is 14.0. The predicted molar refractivity (Wildman–Crippen MR) is 82.3 cm³/mol. The van der Waals surface area contributed by atoms with Gasteiger partial charge in [-0.15, -0.1) is 0 Å². The quantitative estimate of drug-likeness (QED) is 0.890. The normalized spacial score (nSPS) is 28.9. The summed E-state index contributed by atoms with van der Waals surface area (Å²) < 4.78 is 10.7. The molecule has 3 fully saturated rings. The van der Waals surface area contributed by atoms with Crippen LogP contribution in [-0.2, 0) is 4.74 Å². The van der Waals surface area contributed by atoms with Crippen molar-refractivity contribution in [2.24, 2.45) is 5.92 Å². The summed E-state index contributed by atoms with van der Waals surface area (Å²) in [6.07, 6.45) is 3.33. The SMILES string of the molecule is O=C(c1cc(N2CCOCC2)no1)N1CC[C@H](O)C[C@@H]1C1CC1. The standard InChI is InChI=1S/C16H23N3O4/c20-12-3-4-19(13(9-12)11-1-2-11)16(21)14-10-15(17-23-14)18-5-7-22-8-6-18/h10-13,20H,1-9H2/t12-,13+/m0/s1. The number of piperidine rings is 1. The van der Waals surface area contributed by atoms with E-state index >= 15 is 0 Å². The lowest BCUT2D eigenvalue weighted by Crippen LogP contribution is -2.48. The second-order valence-electron chi connectivity index (χ2n) is 6.73. The highest BCUT2D eigenvalue weighted by Crippen LogP contribution is 2.40. The molecule has 1 saturated carbocycles. The minimum atomic E-state index is -0.289. The first kappa shape index (κ1) is 15.0. The maximum atomic E-state index is 12.8. The fourth-order valence-electron chi connectivity index (χ4n) is 3.61. The number of rotatable bonds is 3. The third kappa shape index (κ3) is 3.07. The van der Waals surface area contributed by atoms with Crippen molar-refractivity contribution >= 4 is 11.7 Å². The van der Waals surface area contributed by atoms with Crippen molar-refractivity contribution in [3.8, 4) is 0 Å². The first-order chi connectivity index (χ1) is 11.2. The molecule has 2 aliphatic heterocycles. The van der Waals surface area contributed by atoms with E-state index in [2.05, 4.69) is 10.1 Å². The summed E-state index contributed by atoms with van der Waals surface area (Å²) in [6, 6.07) is 1.88. The molecule has 2 saturated heterocycles. The van der Waals surface area contributed by atoms with Crippen LogP contribution >= 0.6 is 0 Å². The maximum absolute atomic E-state index is 12.8. The van der Waals surface area contributed by atoms with Gasteiger partial charge in [0.1, 0.15) is 0 Å². The molecule has 0 spiro atoms. The number of ether oxygens (including phenoxy) is 1. The number of aliphatic hydroxyl groups is 1. The maximum Gasteiger partial charge on any atom is 0.292 e. The van der Waals surface area contributed by atoms with Gasteiger partial charge in [0.25, 0.3) is 5.91 Å². The fourth-order valence-corrected chi connectivity index (χ4v) is 3.61. The van der Waals surface area contributed by atoms with Gasteiger partial charge in [0.15, 0.2) is 5.82 Å². The second-order valence-corrected chi connectivity index (χ2v) is 6.73. The Morgan fingerprint density at radius 3 is 2.74 bits per heavy atom. The Labute approximate surface area is 135 Å². The van der Waals surface area contributed by atoms with Gasteiger partial charge in [-0.3, -0.25) is 4.79 Å². The number of amides is 1. The zero-order chi connectivity index (χ0) is 15.8. The molecule has 7 nitrogen and oxygen atoms in total. The molecule has 1 N–H and O–H groups in total. The molecule has 1 amide bonds. The molecule has 23 heavy (non-hydrogen) atoms. The van der Waals surface area contributed by atoms with Crippen LogP contribution < -0.4 is 4.90 Å². The number of morpholine rings is 1. The Morgan fingerprint density at radius 2 is 2.00 bits per heavy atom. The van der Waals surface area contributed by atoms with Gasteiger partial charge in [-0.2, -0.15) is 0 Å². The van der Waals surface area contributed by atoms with E-state index < -0.39 is 0 Å².